The van der Waals surface area contributed by atoms with E-state index in [0.717, 1.165) is 42.8 Å². The predicted octanol–water partition coefficient (Wildman–Crippen LogP) is 2.59. The van der Waals surface area contributed by atoms with E-state index in [2.05, 4.69) is 5.32 Å². The molecule has 0 unspecified atom stereocenters. The van der Waals surface area contributed by atoms with E-state index in [-0.39, 0.29) is 23.8 Å². The van der Waals surface area contributed by atoms with E-state index in [1.807, 2.05) is 12.1 Å². The fourth-order valence-electron chi connectivity index (χ4n) is 5.93. The SMILES string of the molecule is COCCN(Cc1ccco1)C(=O)CNC(=O)C12CC3CC(CC(C3)C1)C2. The van der Waals surface area contributed by atoms with Gasteiger partial charge in [-0.25, -0.2) is 0 Å². The summed E-state index contributed by atoms with van der Waals surface area (Å²) in [5.74, 6) is 2.88. The molecular weight excluding hydrogens is 344 g/mol. The molecule has 4 aliphatic carbocycles. The molecule has 6 nitrogen and oxygen atoms in total. The first-order chi connectivity index (χ1) is 13.1. The quantitative estimate of drug-likeness (QED) is 0.759. The number of hydrogen-bond donors (Lipinski definition) is 1. The minimum Gasteiger partial charge on any atom is -0.467 e. The van der Waals surface area contributed by atoms with Crippen molar-refractivity contribution >= 4 is 11.8 Å². The average Bonchev–Trinajstić information content (AvgIpc) is 3.15. The Balaban J connectivity index is 1.35. The standard InChI is InChI=1S/C21H30N2O4/c1-26-6-4-23(14-18-3-2-5-27-18)19(24)13-22-20(25)21-10-15-7-16(11-21)9-17(8-15)12-21/h2-3,5,15-17H,4,6-14H2,1H3,(H,22,25). The van der Waals surface area contributed by atoms with Crippen LogP contribution < -0.4 is 5.32 Å². The van der Waals surface area contributed by atoms with Gasteiger partial charge in [0.05, 0.1) is 26.0 Å². The van der Waals surface area contributed by atoms with E-state index < -0.39 is 0 Å². The number of carbonyl (C=O) groups excluding carboxylic acids is 2. The van der Waals surface area contributed by atoms with Crippen molar-refractivity contribution in [1.29, 1.82) is 0 Å². The predicted molar refractivity (Wildman–Crippen MR) is 99.6 cm³/mol. The minimum atomic E-state index is -0.215. The molecule has 1 aromatic heterocycles. The van der Waals surface area contributed by atoms with Gasteiger partial charge in [0.2, 0.25) is 11.8 Å². The first-order valence-electron chi connectivity index (χ1n) is 10.2. The Bertz CT molecular complexity index is 634. The van der Waals surface area contributed by atoms with E-state index in [4.69, 9.17) is 9.15 Å². The molecule has 6 heteroatoms. The van der Waals surface area contributed by atoms with Crippen LogP contribution in [0.3, 0.4) is 0 Å². The molecule has 2 amide bonds. The second-order valence-corrected chi connectivity index (χ2v) is 8.77. The van der Waals surface area contributed by atoms with Crippen molar-refractivity contribution in [2.45, 2.75) is 45.1 Å². The summed E-state index contributed by atoms with van der Waals surface area (Å²) in [6.45, 7) is 1.37. The molecule has 0 aromatic carbocycles. The summed E-state index contributed by atoms with van der Waals surface area (Å²) in [5, 5.41) is 2.97. The largest absolute Gasteiger partial charge is 0.467 e. The van der Waals surface area contributed by atoms with Crippen LogP contribution in [0.1, 0.15) is 44.3 Å². The van der Waals surface area contributed by atoms with Gasteiger partial charge in [0, 0.05) is 19.1 Å². The molecule has 4 fully saturated rings. The maximum atomic E-state index is 13.0. The van der Waals surface area contributed by atoms with Gasteiger partial charge in [-0.1, -0.05) is 0 Å². The maximum absolute atomic E-state index is 13.0. The number of furan rings is 1. The summed E-state index contributed by atoms with van der Waals surface area (Å²) in [7, 11) is 1.62. The van der Waals surface area contributed by atoms with Crippen molar-refractivity contribution < 1.29 is 18.7 Å². The number of carbonyl (C=O) groups is 2. The van der Waals surface area contributed by atoms with Crippen LogP contribution in [0.25, 0.3) is 0 Å². The molecule has 0 radical (unpaired) electrons. The van der Waals surface area contributed by atoms with Crippen molar-refractivity contribution in [2.75, 3.05) is 26.8 Å². The molecule has 0 atom stereocenters. The van der Waals surface area contributed by atoms with Crippen molar-refractivity contribution in [3.63, 3.8) is 0 Å². The number of nitrogens with one attached hydrogen (secondary N) is 1. The van der Waals surface area contributed by atoms with Gasteiger partial charge in [-0.3, -0.25) is 9.59 Å². The summed E-state index contributed by atoms with van der Waals surface area (Å²) in [4.78, 5) is 27.4. The van der Waals surface area contributed by atoms with Crippen LogP contribution in [0.15, 0.2) is 22.8 Å². The molecule has 0 saturated heterocycles. The van der Waals surface area contributed by atoms with Gasteiger partial charge >= 0.3 is 0 Å². The Morgan fingerprint density at radius 1 is 1.22 bits per heavy atom. The Morgan fingerprint density at radius 2 is 1.89 bits per heavy atom. The van der Waals surface area contributed by atoms with Gasteiger partial charge in [-0.15, -0.1) is 0 Å². The van der Waals surface area contributed by atoms with Gasteiger partial charge in [0.25, 0.3) is 0 Å². The highest BCUT2D eigenvalue weighted by molar-refractivity contribution is 5.88. The van der Waals surface area contributed by atoms with Gasteiger partial charge < -0.3 is 19.4 Å². The van der Waals surface area contributed by atoms with Gasteiger partial charge in [-0.2, -0.15) is 0 Å². The van der Waals surface area contributed by atoms with Crippen LogP contribution in [-0.2, 0) is 20.9 Å². The third kappa shape index (κ3) is 3.91. The zero-order valence-corrected chi connectivity index (χ0v) is 16.1. The van der Waals surface area contributed by atoms with Crippen molar-refractivity contribution in [3.05, 3.63) is 24.2 Å². The van der Waals surface area contributed by atoms with Gasteiger partial charge in [-0.05, 0) is 68.4 Å². The number of rotatable bonds is 8. The van der Waals surface area contributed by atoms with Crippen LogP contribution in [0.4, 0.5) is 0 Å². The summed E-state index contributed by atoms with van der Waals surface area (Å²) in [6.07, 6.45) is 8.55. The molecular formula is C21H30N2O4. The number of methoxy groups -OCH3 is 1. The molecule has 1 heterocycles. The lowest BCUT2D eigenvalue weighted by molar-refractivity contribution is -0.148. The highest BCUT2D eigenvalue weighted by atomic mass is 16.5. The Kier molecular flexibility index (Phi) is 5.26. The third-order valence-electron chi connectivity index (χ3n) is 6.76. The van der Waals surface area contributed by atoms with Crippen LogP contribution in [0.5, 0.6) is 0 Å². The van der Waals surface area contributed by atoms with Crippen LogP contribution >= 0.6 is 0 Å². The smallest absolute Gasteiger partial charge is 0.242 e. The number of ether oxygens (including phenoxy) is 1. The molecule has 0 aliphatic heterocycles. The Morgan fingerprint density at radius 3 is 2.44 bits per heavy atom. The maximum Gasteiger partial charge on any atom is 0.242 e. The van der Waals surface area contributed by atoms with Crippen molar-refractivity contribution in [1.82, 2.24) is 10.2 Å². The van der Waals surface area contributed by atoms with E-state index in [9.17, 15) is 9.59 Å². The molecule has 4 saturated carbocycles. The molecule has 5 rings (SSSR count). The molecule has 4 aliphatic rings. The average molecular weight is 374 g/mol. The van der Waals surface area contributed by atoms with Crippen LogP contribution in [0, 0.1) is 23.2 Å². The first kappa shape index (κ1) is 18.5. The lowest BCUT2D eigenvalue weighted by Crippen LogP contribution is -2.54. The van der Waals surface area contributed by atoms with E-state index in [1.165, 1.54) is 19.3 Å². The summed E-state index contributed by atoms with van der Waals surface area (Å²) in [5.41, 5.74) is -0.215. The molecule has 4 bridgehead atoms. The van der Waals surface area contributed by atoms with E-state index in [0.29, 0.717) is 19.7 Å². The van der Waals surface area contributed by atoms with Crippen LogP contribution in [-0.4, -0.2) is 43.5 Å². The second kappa shape index (κ2) is 7.66. The summed E-state index contributed by atoms with van der Waals surface area (Å²) in [6, 6.07) is 3.66. The summed E-state index contributed by atoms with van der Waals surface area (Å²) < 4.78 is 10.5. The zero-order chi connectivity index (χ0) is 18.9. The Hall–Kier alpha value is -1.82. The monoisotopic (exact) mass is 374 g/mol. The van der Waals surface area contributed by atoms with Gasteiger partial charge in [0.1, 0.15) is 5.76 Å². The lowest BCUT2D eigenvalue weighted by atomic mass is 9.49. The molecule has 1 N–H and O–H groups in total. The van der Waals surface area contributed by atoms with Crippen molar-refractivity contribution in [3.8, 4) is 0 Å². The lowest BCUT2D eigenvalue weighted by Gasteiger charge is -2.55. The van der Waals surface area contributed by atoms with Crippen molar-refractivity contribution in [2.24, 2.45) is 23.2 Å². The van der Waals surface area contributed by atoms with Gasteiger partial charge in [0.15, 0.2) is 0 Å². The molecule has 27 heavy (non-hydrogen) atoms. The second-order valence-electron chi connectivity index (χ2n) is 8.77. The molecule has 148 valence electrons. The number of amides is 2. The van der Waals surface area contributed by atoms with Crippen LogP contribution in [0.2, 0.25) is 0 Å². The highest BCUT2D eigenvalue weighted by Gasteiger charge is 2.54. The third-order valence-corrected chi connectivity index (χ3v) is 6.76. The van der Waals surface area contributed by atoms with E-state index in [1.54, 1.807) is 18.3 Å². The zero-order valence-electron chi connectivity index (χ0n) is 16.1. The number of nitrogens with zero attached hydrogens (tertiary/aromatic N) is 1. The Labute approximate surface area is 160 Å². The fraction of sp³-hybridized carbons (Fsp3) is 0.714. The fourth-order valence-corrected chi connectivity index (χ4v) is 5.93. The topological polar surface area (TPSA) is 71.8 Å². The molecule has 0 spiro atoms. The van der Waals surface area contributed by atoms with E-state index >= 15 is 0 Å². The molecule has 1 aromatic rings. The highest BCUT2D eigenvalue weighted by Crippen LogP contribution is 2.60. The normalized spacial score (nSPS) is 31.1. The summed E-state index contributed by atoms with van der Waals surface area (Å²) >= 11 is 0. The first-order valence-corrected chi connectivity index (χ1v) is 10.2. The minimum absolute atomic E-state index is 0.0466. The number of hydrogen-bond acceptors (Lipinski definition) is 4.